The minimum atomic E-state index is -1.88. The average Bonchev–Trinajstić information content (AvgIpc) is 3.40. The molecule has 2 aromatic rings. The molecule has 0 fully saturated rings. The minimum absolute atomic E-state index is 0.179. The van der Waals surface area contributed by atoms with Gasteiger partial charge in [0.25, 0.3) is 0 Å². The molecule has 0 aliphatic rings. The molecule has 43 heavy (non-hydrogen) atoms. The van der Waals surface area contributed by atoms with E-state index in [1.165, 1.54) is 32.0 Å². The van der Waals surface area contributed by atoms with Gasteiger partial charge in [0.15, 0.2) is 16.6 Å². The summed E-state index contributed by atoms with van der Waals surface area (Å²) in [6.45, 7) is 30.9. The summed E-state index contributed by atoms with van der Waals surface area (Å²) < 4.78 is 13.4. The van der Waals surface area contributed by atoms with Crippen molar-refractivity contribution in [2.75, 3.05) is 0 Å². The first-order valence-corrected chi connectivity index (χ1v) is 23.3. The lowest BCUT2D eigenvalue weighted by atomic mass is 9.91. The van der Waals surface area contributed by atoms with Crippen molar-refractivity contribution in [1.82, 2.24) is 0 Å². The van der Waals surface area contributed by atoms with Crippen molar-refractivity contribution in [3.05, 3.63) is 62.9 Å². The normalized spacial score (nSPS) is 14.0. The first-order valence-electron chi connectivity index (χ1n) is 16.7. The van der Waals surface area contributed by atoms with E-state index in [4.69, 9.17) is 8.85 Å². The smallest absolute Gasteiger partial charge is 0.192 e. The summed E-state index contributed by atoms with van der Waals surface area (Å²) in [5.41, 5.74) is 4.79. The van der Waals surface area contributed by atoms with Crippen LogP contribution in [0.5, 0.6) is 0 Å². The maximum absolute atomic E-state index is 10.7. The van der Waals surface area contributed by atoms with Crippen LogP contribution in [0, 0.1) is 0 Å². The number of allylic oxidation sites excluding steroid dienone is 2. The Balaban J connectivity index is 2.19. The Labute approximate surface area is 271 Å². The lowest BCUT2D eigenvalue weighted by Crippen LogP contribution is -2.41. The van der Waals surface area contributed by atoms with Crippen LogP contribution in [0.2, 0.25) is 36.3 Å². The average molecular weight is 645 g/mol. The van der Waals surface area contributed by atoms with E-state index in [2.05, 4.69) is 125 Å². The summed E-state index contributed by atoms with van der Waals surface area (Å²) in [6, 6.07) is 11.6. The van der Waals surface area contributed by atoms with Gasteiger partial charge in [0.1, 0.15) is 0 Å². The Hall–Kier alpha value is -1.03. The molecule has 2 rings (SSSR count). The lowest BCUT2D eigenvalue weighted by Gasteiger charge is -2.37. The van der Waals surface area contributed by atoms with Crippen molar-refractivity contribution in [3.63, 3.8) is 0 Å². The highest BCUT2D eigenvalue weighted by Crippen LogP contribution is 2.39. The molecule has 0 unspecified atom stereocenters. The Bertz CT molecular complexity index is 1180. The van der Waals surface area contributed by atoms with Gasteiger partial charge < -0.3 is 14.0 Å². The first kappa shape index (κ1) is 38.2. The van der Waals surface area contributed by atoms with E-state index < -0.39 is 22.2 Å². The molecule has 1 aromatic carbocycles. The largest absolute Gasteiger partial charge is 0.413 e. The predicted molar refractivity (Wildman–Crippen MR) is 195 cm³/mol. The molecular weight excluding hydrogens is 581 g/mol. The lowest BCUT2D eigenvalue weighted by molar-refractivity contribution is 0.0246. The zero-order chi connectivity index (χ0) is 32.7. The van der Waals surface area contributed by atoms with E-state index in [1.807, 2.05) is 11.3 Å². The molecule has 0 spiro atoms. The number of rotatable bonds is 16. The van der Waals surface area contributed by atoms with Crippen molar-refractivity contribution in [2.24, 2.45) is 0 Å². The van der Waals surface area contributed by atoms with Gasteiger partial charge in [-0.25, -0.2) is 0 Å². The van der Waals surface area contributed by atoms with E-state index in [0.717, 1.165) is 44.9 Å². The molecule has 0 bridgehead atoms. The second kappa shape index (κ2) is 15.5. The summed E-state index contributed by atoms with van der Waals surface area (Å²) in [5, 5.41) is 11.0. The van der Waals surface area contributed by atoms with E-state index in [1.54, 1.807) is 0 Å². The Kier molecular flexibility index (Phi) is 13.8. The molecule has 0 aliphatic heterocycles. The molecule has 6 heteroatoms. The number of hydrogen-bond donors (Lipinski definition) is 1. The third-order valence-electron chi connectivity index (χ3n) is 10.4. The van der Waals surface area contributed by atoms with E-state index in [0.29, 0.717) is 13.2 Å². The molecule has 1 heterocycles. The molecule has 1 aromatic heterocycles. The highest BCUT2D eigenvalue weighted by molar-refractivity contribution is 7.13. The number of thiophene rings is 1. The van der Waals surface area contributed by atoms with Crippen LogP contribution < -0.4 is 0 Å². The van der Waals surface area contributed by atoms with Gasteiger partial charge in [-0.1, -0.05) is 86.6 Å². The molecule has 244 valence electrons. The first-order chi connectivity index (χ1) is 19.8. The minimum Gasteiger partial charge on any atom is -0.413 e. The highest BCUT2D eigenvalue weighted by Gasteiger charge is 2.38. The zero-order valence-electron chi connectivity index (χ0n) is 30.0. The fourth-order valence-electron chi connectivity index (χ4n) is 4.55. The number of benzene rings is 1. The molecule has 0 saturated carbocycles. The van der Waals surface area contributed by atoms with Crippen LogP contribution in [0.3, 0.4) is 0 Å². The molecule has 0 aliphatic carbocycles. The van der Waals surface area contributed by atoms with Crippen LogP contribution in [0.25, 0.3) is 5.57 Å². The number of aliphatic hydroxyl groups is 1. The van der Waals surface area contributed by atoms with Crippen LogP contribution in [0.1, 0.15) is 121 Å². The van der Waals surface area contributed by atoms with Crippen LogP contribution in [-0.4, -0.2) is 27.3 Å². The summed E-state index contributed by atoms with van der Waals surface area (Å²) in [7, 11) is -3.73. The van der Waals surface area contributed by atoms with Gasteiger partial charge in [-0.15, -0.1) is 11.3 Å². The van der Waals surface area contributed by atoms with Crippen molar-refractivity contribution in [1.29, 1.82) is 0 Å². The van der Waals surface area contributed by atoms with Crippen molar-refractivity contribution < 1.29 is 14.0 Å². The molecular formula is C37H64O3SSi2. The number of hydrogen-bond acceptors (Lipinski definition) is 4. The molecule has 0 amide bonds. The topological polar surface area (TPSA) is 38.7 Å². The summed E-state index contributed by atoms with van der Waals surface area (Å²) in [5.74, 6) is 0. The molecule has 0 radical (unpaired) electrons. The zero-order valence-corrected chi connectivity index (χ0v) is 32.8. The standard InChI is InChI=1S/C37H64O3SSi2/c1-14-30(18-17-25-37(38,15-2)16-3)34-24-23-33(41-34)22-20-29-19-21-31(27-39-42(10,11)35(4,5)6)32(26-29)28-40-43(12,13)36(7,8)9/h18-19,21,23-24,26,38H,14-17,20,22,25,27-28H2,1-13H3. The number of aryl methyl sites for hydroxylation is 2. The fourth-order valence-corrected chi connectivity index (χ4v) is 7.57. The van der Waals surface area contributed by atoms with Crippen molar-refractivity contribution in [2.45, 2.75) is 162 Å². The highest BCUT2D eigenvalue weighted by atomic mass is 32.1. The van der Waals surface area contributed by atoms with Gasteiger partial charge in [0.05, 0.1) is 18.8 Å². The molecule has 0 atom stereocenters. The third-order valence-corrected chi connectivity index (χ3v) is 20.6. The molecule has 3 nitrogen and oxygen atoms in total. The summed E-state index contributed by atoms with van der Waals surface area (Å²) >= 11 is 1.93. The van der Waals surface area contributed by atoms with Gasteiger partial charge in [-0.2, -0.15) is 0 Å². The quantitative estimate of drug-likeness (QED) is 0.185. The monoisotopic (exact) mass is 644 g/mol. The SMILES string of the molecule is CCC(=CCCC(O)(CC)CC)c1ccc(CCc2ccc(CO[Si](C)(C)C(C)(C)C)c(CO[Si](C)(C)C(C)(C)C)c2)s1. The van der Waals surface area contributed by atoms with E-state index >= 15 is 0 Å². The predicted octanol–water partition coefficient (Wildman–Crippen LogP) is 11.7. The van der Waals surface area contributed by atoms with Gasteiger partial charge >= 0.3 is 0 Å². The van der Waals surface area contributed by atoms with Gasteiger partial charge in [0, 0.05) is 9.75 Å². The Morgan fingerprint density at radius 2 is 1.35 bits per heavy atom. The molecule has 1 N–H and O–H groups in total. The van der Waals surface area contributed by atoms with E-state index in [9.17, 15) is 5.11 Å². The van der Waals surface area contributed by atoms with Gasteiger partial charge in [0.2, 0.25) is 0 Å². The van der Waals surface area contributed by atoms with Crippen LogP contribution in [0.15, 0.2) is 36.4 Å². The van der Waals surface area contributed by atoms with Gasteiger partial charge in [-0.3, -0.25) is 0 Å². The van der Waals surface area contributed by atoms with Crippen LogP contribution in [-0.2, 0) is 34.9 Å². The van der Waals surface area contributed by atoms with E-state index in [-0.39, 0.29) is 10.1 Å². The molecule has 0 saturated heterocycles. The third kappa shape index (κ3) is 11.1. The summed E-state index contributed by atoms with van der Waals surface area (Å²) in [4.78, 5) is 2.80. The second-order valence-electron chi connectivity index (χ2n) is 15.5. The maximum Gasteiger partial charge on any atom is 0.192 e. The van der Waals surface area contributed by atoms with Crippen LogP contribution in [0.4, 0.5) is 0 Å². The van der Waals surface area contributed by atoms with Crippen molar-refractivity contribution >= 4 is 33.5 Å². The Morgan fingerprint density at radius 1 is 0.791 bits per heavy atom. The maximum atomic E-state index is 10.7. The fraction of sp³-hybridized carbons (Fsp3) is 0.676. The summed E-state index contributed by atoms with van der Waals surface area (Å²) in [6.07, 6.45) is 8.82. The van der Waals surface area contributed by atoms with Gasteiger partial charge in [-0.05, 0) is 116 Å². The second-order valence-corrected chi connectivity index (χ2v) is 26.3. The Morgan fingerprint density at radius 3 is 1.86 bits per heavy atom. The van der Waals surface area contributed by atoms with Crippen molar-refractivity contribution in [3.8, 4) is 0 Å². The van der Waals surface area contributed by atoms with Crippen LogP contribution >= 0.6 is 11.3 Å².